The second-order valence-electron chi connectivity index (χ2n) is 4.04. The molecule has 0 saturated carbocycles. The lowest BCUT2D eigenvalue weighted by atomic mass is 10.3. The number of carboxylic acid groups (broad SMARTS) is 1. The van der Waals surface area contributed by atoms with E-state index in [0.717, 1.165) is 0 Å². The summed E-state index contributed by atoms with van der Waals surface area (Å²) in [7, 11) is -3.95. The number of carbonyl (C=O) groups excluding carboxylic acids is 1. The number of morpholine rings is 1. The van der Waals surface area contributed by atoms with Crippen LogP contribution in [0.5, 0.6) is 0 Å². The van der Waals surface area contributed by atoms with Crippen LogP contribution >= 0.6 is 0 Å². The van der Waals surface area contributed by atoms with Crippen molar-refractivity contribution >= 4 is 21.7 Å². The first-order valence-electron chi connectivity index (χ1n) is 5.68. The van der Waals surface area contributed by atoms with E-state index in [0.29, 0.717) is 26.3 Å². The second kappa shape index (κ2) is 6.14. The number of hydrogen-bond donors (Lipinski definition) is 1. The van der Waals surface area contributed by atoms with Crippen LogP contribution in [0.2, 0.25) is 0 Å². The van der Waals surface area contributed by atoms with Gasteiger partial charge in [0, 0.05) is 13.1 Å². The van der Waals surface area contributed by atoms with Crippen molar-refractivity contribution in [2.75, 3.05) is 32.1 Å². The Morgan fingerprint density at radius 2 is 1.89 bits per heavy atom. The minimum absolute atomic E-state index is 0.0476. The van der Waals surface area contributed by atoms with Gasteiger partial charge in [0.2, 0.25) is 5.91 Å². The highest BCUT2D eigenvalue weighted by Crippen LogP contribution is 2.09. The van der Waals surface area contributed by atoms with E-state index in [9.17, 15) is 18.0 Å². The standard InChI is InChI=1S/C10H17NO6S/c1-2-8(10(13)14)18(15,16)7-9(12)11-3-5-17-6-4-11/h8H,2-7H2,1H3,(H,13,14). The Morgan fingerprint density at radius 3 is 2.33 bits per heavy atom. The number of nitrogens with zero attached hydrogens (tertiary/aromatic N) is 1. The Hall–Kier alpha value is -1.15. The first-order chi connectivity index (χ1) is 8.38. The van der Waals surface area contributed by atoms with E-state index < -0.39 is 32.7 Å². The summed E-state index contributed by atoms with van der Waals surface area (Å²) in [6, 6.07) is 0. The van der Waals surface area contributed by atoms with Crippen molar-refractivity contribution in [3.05, 3.63) is 0 Å². The third-order valence-electron chi connectivity index (χ3n) is 2.77. The molecule has 1 unspecified atom stereocenters. The monoisotopic (exact) mass is 279 g/mol. The number of amides is 1. The molecule has 0 aliphatic carbocycles. The van der Waals surface area contributed by atoms with Gasteiger partial charge in [0.05, 0.1) is 13.2 Å². The summed E-state index contributed by atoms with van der Waals surface area (Å²) in [6.45, 7) is 2.91. The molecule has 0 aromatic heterocycles. The summed E-state index contributed by atoms with van der Waals surface area (Å²) in [6.07, 6.45) is -0.0476. The van der Waals surface area contributed by atoms with E-state index in [1.54, 1.807) is 0 Å². The molecule has 1 fully saturated rings. The maximum Gasteiger partial charge on any atom is 0.321 e. The van der Waals surface area contributed by atoms with Gasteiger partial charge in [0.15, 0.2) is 15.1 Å². The molecule has 18 heavy (non-hydrogen) atoms. The number of aliphatic carboxylic acids is 1. The highest BCUT2D eigenvalue weighted by molar-refractivity contribution is 7.93. The predicted molar refractivity (Wildman–Crippen MR) is 62.9 cm³/mol. The van der Waals surface area contributed by atoms with Crippen LogP contribution in [0.1, 0.15) is 13.3 Å². The predicted octanol–water partition coefficient (Wildman–Crippen LogP) is -0.877. The third-order valence-corrected chi connectivity index (χ3v) is 4.82. The van der Waals surface area contributed by atoms with Gasteiger partial charge in [0.25, 0.3) is 0 Å². The number of rotatable bonds is 5. The molecule has 1 saturated heterocycles. The molecular formula is C10H17NO6S. The number of carboxylic acids is 1. The van der Waals surface area contributed by atoms with Crippen LogP contribution in [-0.2, 0) is 24.2 Å². The van der Waals surface area contributed by atoms with E-state index in [2.05, 4.69) is 0 Å². The molecule has 1 N–H and O–H groups in total. The van der Waals surface area contributed by atoms with Gasteiger partial charge in [-0.25, -0.2) is 8.42 Å². The van der Waals surface area contributed by atoms with Crippen molar-refractivity contribution in [1.82, 2.24) is 4.90 Å². The second-order valence-corrected chi connectivity index (χ2v) is 6.22. The molecule has 7 nitrogen and oxygen atoms in total. The minimum atomic E-state index is -3.95. The van der Waals surface area contributed by atoms with E-state index in [1.165, 1.54) is 11.8 Å². The van der Waals surface area contributed by atoms with Crippen LogP contribution in [0, 0.1) is 0 Å². The Labute approximate surface area is 106 Å². The van der Waals surface area contributed by atoms with Crippen LogP contribution in [0.4, 0.5) is 0 Å². The molecule has 1 rings (SSSR count). The summed E-state index contributed by atoms with van der Waals surface area (Å²) < 4.78 is 28.6. The summed E-state index contributed by atoms with van der Waals surface area (Å²) in [4.78, 5) is 24.0. The Kier molecular flexibility index (Phi) is 5.09. The molecule has 0 spiro atoms. The van der Waals surface area contributed by atoms with Gasteiger partial charge in [0.1, 0.15) is 5.75 Å². The lowest BCUT2D eigenvalue weighted by Gasteiger charge is -2.27. The van der Waals surface area contributed by atoms with Gasteiger partial charge >= 0.3 is 5.97 Å². The minimum Gasteiger partial charge on any atom is -0.480 e. The summed E-state index contributed by atoms with van der Waals surface area (Å²) in [5.74, 6) is -2.72. The number of sulfone groups is 1. The molecule has 0 aromatic carbocycles. The largest absolute Gasteiger partial charge is 0.480 e. The third kappa shape index (κ3) is 3.67. The molecule has 1 heterocycles. The average molecular weight is 279 g/mol. The highest BCUT2D eigenvalue weighted by Gasteiger charge is 2.34. The van der Waals surface area contributed by atoms with Crippen LogP contribution in [-0.4, -0.2) is 67.6 Å². The van der Waals surface area contributed by atoms with Crippen molar-refractivity contribution in [3.63, 3.8) is 0 Å². The van der Waals surface area contributed by atoms with Crippen molar-refractivity contribution < 1.29 is 27.9 Å². The van der Waals surface area contributed by atoms with Crippen LogP contribution in [0.25, 0.3) is 0 Å². The maximum atomic E-state index is 11.8. The molecule has 1 atom stereocenters. The van der Waals surface area contributed by atoms with Crippen molar-refractivity contribution in [2.24, 2.45) is 0 Å². The van der Waals surface area contributed by atoms with Crippen molar-refractivity contribution in [2.45, 2.75) is 18.6 Å². The quantitative estimate of drug-likeness (QED) is 0.701. The van der Waals surface area contributed by atoms with Gasteiger partial charge in [-0.3, -0.25) is 9.59 Å². The fourth-order valence-electron chi connectivity index (χ4n) is 1.76. The van der Waals surface area contributed by atoms with Crippen LogP contribution in [0.15, 0.2) is 0 Å². The van der Waals surface area contributed by atoms with E-state index >= 15 is 0 Å². The Morgan fingerprint density at radius 1 is 1.33 bits per heavy atom. The van der Waals surface area contributed by atoms with Gasteiger partial charge < -0.3 is 14.7 Å². The van der Waals surface area contributed by atoms with Gasteiger partial charge in [-0.05, 0) is 6.42 Å². The van der Waals surface area contributed by atoms with Gasteiger partial charge in [-0.15, -0.1) is 0 Å². The molecule has 104 valence electrons. The SMILES string of the molecule is CCC(C(=O)O)S(=O)(=O)CC(=O)N1CCOCC1. The fourth-order valence-corrected chi connectivity index (χ4v) is 3.30. The highest BCUT2D eigenvalue weighted by atomic mass is 32.2. The number of hydrogen-bond acceptors (Lipinski definition) is 5. The topological polar surface area (TPSA) is 101 Å². The van der Waals surface area contributed by atoms with E-state index in [4.69, 9.17) is 9.84 Å². The molecule has 1 amide bonds. The number of ether oxygens (including phenoxy) is 1. The zero-order valence-electron chi connectivity index (χ0n) is 10.2. The first-order valence-corrected chi connectivity index (χ1v) is 7.40. The van der Waals surface area contributed by atoms with Gasteiger partial charge in [-0.2, -0.15) is 0 Å². The molecule has 8 heteroatoms. The Balaban J connectivity index is 2.69. The summed E-state index contributed by atoms with van der Waals surface area (Å²) in [5, 5.41) is 7.30. The van der Waals surface area contributed by atoms with Crippen molar-refractivity contribution in [1.29, 1.82) is 0 Å². The van der Waals surface area contributed by atoms with E-state index in [1.807, 2.05) is 0 Å². The van der Waals surface area contributed by atoms with Crippen LogP contribution in [0.3, 0.4) is 0 Å². The zero-order valence-corrected chi connectivity index (χ0v) is 11.0. The molecule has 1 aliphatic heterocycles. The maximum absolute atomic E-state index is 11.8. The molecule has 0 radical (unpaired) electrons. The van der Waals surface area contributed by atoms with Gasteiger partial charge in [-0.1, -0.05) is 6.92 Å². The number of carbonyl (C=O) groups is 2. The normalized spacial score (nSPS) is 18.4. The fraction of sp³-hybridized carbons (Fsp3) is 0.800. The van der Waals surface area contributed by atoms with Crippen LogP contribution < -0.4 is 0 Å². The first kappa shape index (κ1) is 14.9. The lowest BCUT2D eigenvalue weighted by molar-refractivity contribution is -0.136. The molecule has 1 aliphatic rings. The smallest absolute Gasteiger partial charge is 0.321 e. The lowest BCUT2D eigenvalue weighted by Crippen LogP contribution is -2.45. The molecule has 0 aromatic rings. The molecular weight excluding hydrogens is 262 g/mol. The average Bonchev–Trinajstić information content (AvgIpc) is 2.29. The zero-order chi connectivity index (χ0) is 13.8. The summed E-state index contributed by atoms with van der Waals surface area (Å²) >= 11 is 0. The van der Waals surface area contributed by atoms with Crippen molar-refractivity contribution in [3.8, 4) is 0 Å². The van der Waals surface area contributed by atoms with E-state index in [-0.39, 0.29) is 6.42 Å². The summed E-state index contributed by atoms with van der Waals surface area (Å²) in [5.41, 5.74) is 0. The molecule has 0 bridgehead atoms. The Bertz CT molecular complexity index is 412.